The highest BCUT2D eigenvalue weighted by Gasteiger charge is 2.27. The average Bonchev–Trinajstić information content (AvgIpc) is 2.48. The van der Waals surface area contributed by atoms with Gasteiger partial charge in [-0.05, 0) is 18.1 Å². The van der Waals surface area contributed by atoms with E-state index in [-0.39, 0.29) is 18.1 Å². The number of ether oxygens (including phenoxy) is 1. The van der Waals surface area contributed by atoms with Crippen molar-refractivity contribution in [3.63, 3.8) is 0 Å². The van der Waals surface area contributed by atoms with Gasteiger partial charge in [0.05, 0.1) is 18.9 Å². The third-order valence-corrected chi connectivity index (χ3v) is 3.56. The van der Waals surface area contributed by atoms with Crippen LogP contribution < -0.4 is 5.43 Å². The molecule has 1 atom stereocenters. The zero-order valence-electron chi connectivity index (χ0n) is 12.3. The standard InChI is InChI=1S/C16H18O5/c1-9(2)11(8-13(17)20-3)16-15(19)14(18)10-6-4-5-7-12(10)21-16/h4-7,9,11,19H,8H2,1-3H3/t11-/m1/s1. The molecule has 1 heterocycles. The minimum absolute atomic E-state index is 0.000637. The Kier molecular flexibility index (Phi) is 4.31. The summed E-state index contributed by atoms with van der Waals surface area (Å²) in [4.78, 5) is 23.7. The Bertz CT molecular complexity index is 714. The molecule has 1 aromatic carbocycles. The van der Waals surface area contributed by atoms with E-state index in [1.807, 2.05) is 13.8 Å². The van der Waals surface area contributed by atoms with E-state index in [4.69, 9.17) is 4.42 Å². The molecule has 2 rings (SSSR count). The molecule has 5 heteroatoms. The van der Waals surface area contributed by atoms with E-state index < -0.39 is 23.1 Å². The van der Waals surface area contributed by atoms with Crippen LogP contribution in [0.3, 0.4) is 0 Å². The second-order valence-electron chi connectivity index (χ2n) is 5.27. The molecule has 0 spiro atoms. The maximum absolute atomic E-state index is 12.2. The van der Waals surface area contributed by atoms with E-state index in [1.165, 1.54) is 7.11 Å². The van der Waals surface area contributed by atoms with E-state index in [2.05, 4.69) is 4.74 Å². The predicted octanol–water partition coefficient (Wildman–Crippen LogP) is 2.80. The first-order chi connectivity index (χ1) is 9.95. The van der Waals surface area contributed by atoms with Crippen LogP contribution in [0.4, 0.5) is 0 Å². The molecule has 5 nitrogen and oxygen atoms in total. The summed E-state index contributed by atoms with van der Waals surface area (Å²) in [6.45, 7) is 3.78. The van der Waals surface area contributed by atoms with Gasteiger partial charge >= 0.3 is 5.97 Å². The lowest BCUT2D eigenvalue weighted by molar-refractivity contribution is -0.141. The number of carbonyl (C=O) groups is 1. The Morgan fingerprint density at radius 3 is 2.62 bits per heavy atom. The van der Waals surface area contributed by atoms with Gasteiger partial charge in [0.25, 0.3) is 0 Å². The number of para-hydroxylation sites is 1. The molecule has 0 aliphatic heterocycles. The number of methoxy groups -OCH3 is 1. The molecule has 0 unspecified atom stereocenters. The largest absolute Gasteiger partial charge is 0.502 e. The van der Waals surface area contributed by atoms with Crippen LogP contribution >= 0.6 is 0 Å². The van der Waals surface area contributed by atoms with Crippen LogP contribution in [0.5, 0.6) is 5.75 Å². The summed E-state index contributed by atoms with van der Waals surface area (Å²) in [5.74, 6) is -1.13. The summed E-state index contributed by atoms with van der Waals surface area (Å²) >= 11 is 0. The van der Waals surface area contributed by atoms with Crippen molar-refractivity contribution in [2.24, 2.45) is 5.92 Å². The van der Waals surface area contributed by atoms with Crippen molar-refractivity contribution in [2.75, 3.05) is 7.11 Å². The van der Waals surface area contributed by atoms with Crippen molar-refractivity contribution in [1.82, 2.24) is 0 Å². The van der Waals surface area contributed by atoms with Crippen LogP contribution in [-0.4, -0.2) is 18.2 Å². The fourth-order valence-electron chi connectivity index (χ4n) is 2.29. The molecule has 112 valence electrons. The van der Waals surface area contributed by atoms with Crippen molar-refractivity contribution >= 4 is 16.9 Å². The zero-order valence-corrected chi connectivity index (χ0v) is 12.3. The van der Waals surface area contributed by atoms with Crippen LogP contribution in [0.2, 0.25) is 0 Å². The fourth-order valence-corrected chi connectivity index (χ4v) is 2.29. The Balaban J connectivity index is 2.60. The van der Waals surface area contributed by atoms with Gasteiger partial charge in [0.1, 0.15) is 5.58 Å². The first-order valence-electron chi connectivity index (χ1n) is 6.77. The number of hydrogen-bond donors (Lipinski definition) is 1. The second-order valence-corrected chi connectivity index (χ2v) is 5.27. The highest BCUT2D eigenvalue weighted by molar-refractivity contribution is 5.78. The summed E-state index contributed by atoms with van der Waals surface area (Å²) in [6.07, 6.45) is 0.0446. The number of fused-ring (bicyclic) bond motifs is 1. The lowest BCUT2D eigenvalue weighted by Gasteiger charge is -2.19. The van der Waals surface area contributed by atoms with Crippen molar-refractivity contribution in [3.05, 3.63) is 40.2 Å². The molecule has 1 aromatic heterocycles. The molecule has 1 N–H and O–H groups in total. The van der Waals surface area contributed by atoms with E-state index in [0.717, 1.165) is 0 Å². The van der Waals surface area contributed by atoms with Crippen LogP contribution in [0, 0.1) is 5.92 Å². The number of rotatable bonds is 4. The van der Waals surface area contributed by atoms with Crippen LogP contribution in [0.1, 0.15) is 31.9 Å². The van der Waals surface area contributed by atoms with Gasteiger partial charge in [-0.15, -0.1) is 0 Å². The van der Waals surface area contributed by atoms with E-state index >= 15 is 0 Å². The maximum atomic E-state index is 12.2. The van der Waals surface area contributed by atoms with E-state index in [1.54, 1.807) is 24.3 Å². The van der Waals surface area contributed by atoms with Crippen molar-refractivity contribution in [2.45, 2.75) is 26.2 Å². The molecular weight excluding hydrogens is 272 g/mol. The van der Waals surface area contributed by atoms with Gasteiger partial charge in [-0.3, -0.25) is 9.59 Å². The van der Waals surface area contributed by atoms with Crippen molar-refractivity contribution < 1.29 is 19.1 Å². The molecule has 0 saturated carbocycles. The summed E-state index contributed by atoms with van der Waals surface area (Å²) in [6, 6.07) is 6.70. The first kappa shape index (κ1) is 15.1. The highest BCUT2D eigenvalue weighted by Crippen LogP contribution is 2.34. The van der Waals surface area contributed by atoms with Gasteiger partial charge in [-0.25, -0.2) is 0 Å². The zero-order chi connectivity index (χ0) is 15.6. The summed E-state index contributed by atoms with van der Waals surface area (Å²) in [5, 5.41) is 10.5. The van der Waals surface area contributed by atoms with Crippen LogP contribution in [0.25, 0.3) is 11.0 Å². The SMILES string of the molecule is COC(=O)C[C@@H](c1oc2ccccc2c(=O)c1O)C(C)C. The van der Waals surface area contributed by atoms with Gasteiger partial charge in [-0.1, -0.05) is 26.0 Å². The van der Waals surface area contributed by atoms with Crippen molar-refractivity contribution in [1.29, 1.82) is 0 Å². The summed E-state index contributed by atoms with van der Waals surface area (Å²) in [5.41, 5.74) is -0.0896. The molecule has 0 aliphatic carbocycles. The quantitative estimate of drug-likeness (QED) is 0.876. The minimum Gasteiger partial charge on any atom is -0.502 e. The number of aromatic hydroxyl groups is 1. The number of hydrogen-bond acceptors (Lipinski definition) is 5. The van der Waals surface area contributed by atoms with Gasteiger partial charge in [-0.2, -0.15) is 0 Å². The molecular formula is C16H18O5. The monoisotopic (exact) mass is 290 g/mol. The molecule has 21 heavy (non-hydrogen) atoms. The second kappa shape index (κ2) is 5.99. The first-order valence-corrected chi connectivity index (χ1v) is 6.77. The highest BCUT2D eigenvalue weighted by atomic mass is 16.5. The molecule has 0 saturated heterocycles. The third-order valence-electron chi connectivity index (χ3n) is 3.56. The third kappa shape index (κ3) is 2.91. The fraction of sp³-hybridized carbons (Fsp3) is 0.375. The van der Waals surface area contributed by atoms with Crippen molar-refractivity contribution in [3.8, 4) is 5.75 Å². The Labute approximate surface area is 122 Å². The molecule has 0 fully saturated rings. The number of benzene rings is 1. The molecule has 0 aliphatic rings. The lowest BCUT2D eigenvalue weighted by Crippen LogP contribution is -2.16. The average molecular weight is 290 g/mol. The smallest absolute Gasteiger partial charge is 0.306 e. The Morgan fingerprint density at radius 2 is 2.00 bits per heavy atom. The van der Waals surface area contributed by atoms with E-state index in [9.17, 15) is 14.7 Å². The van der Waals surface area contributed by atoms with Gasteiger partial charge in [0.15, 0.2) is 5.76 Å². The van der Waals surface area contributed by atoms with Gasteiger partial charge in [0.2, 0.25) is 11.2 Å². The summed E-state index contributed by atoms with van der Waals surface area (Å²) in [7, 11) is 1.30. The minimum atomic E-state index is -0.484. The summed E-state index contributed by atoms with van der Waals surface area (Å²) < 4.78 is 10.4. The Morgan fingerprint density at radius 1 is 1.33 bits per heavy atom. The predicted molar refractivity (Wildman–Crippen MR) is 78.4 cm³/mol. The van der Waals surface area contributed by atoms with Crippen LogP contribution in [0.15, 0.2) is 33.5 Å². The normalized spacial score (nSPS) is 12.6. The number of esters is 1. The lowest BCUT2D eigenvalue weighted by atomic mass is 9.89. The van der Waals surface area contributed by atoms with E-state index in [0.29, 0.717) is 11.0 Å². The molecule has 0 amide bonds. The van der Waals surface area contributed by atoms with Crippen LogP contribution in [-0.2, 0) is 9.53 Å². The molecule has 0 radical (unpaired) electrons. The topological polar surface area (TPSA) is 76.7 Å². The van der Waals surface area contributed by atoms with Gasteiger partial charge in [0, 0.05) is 5.92 Å². The number of carbonyl (C=O) groups excluding carboxylic acids is 1. The Hall–Kier alpha value is -2.30. The molecule has 2 aromatic rings. The maximum Gasteiger partial charge on any atom is 0.306 e. The van der Waals surface area contributed by atoms with Gasteiger partial charge < -0.3 is 14.3 Å². The molecule has 0 bridgehead atoms.